The molecule has 3 atom stereocenters. The number of aromatic carboxylic acids is 1. The number of nitrogens with two attached hydrogens (primary N) is 1. The number of aliphatic carboxylic acids is 1. The number of rotatable bonds is 5. The minimum atomic E-state index is -4.43. The van der Waals surface area contributed by atoms with Gasteiger partial charge in [-0.1, -0.05) is 48.5 Å². The quantitative estimate of drug-likeness (QED) is 0.269. The van der Waals surface area contributed by atoms with Gasteiger partial charge in [0.2, 0.25) is 0 Å². The lowest BCUT2D eigenvalue weighted by atomic mass is 9.90. The van der Waals surface area contributed by atoms with Crippen LogP contribution in [0.1, 0.15) is 40.2 Å². The van der Waals surface area contributed by atoms with Gasteiger partial charge in [0.25, 0.3) is 0 Å². The van der Waals surface area contributed by atoms with Gasteiger partial charge in [0.15, 0.2) is 0 Å². The summed E-state index contributed by atoms with van der Waals surface area (Å²) in [5.41, 5.74) is 9.24. The van der Waals surface area contributed by atoms with E-state index < -0.39 is 29.6 Å². The van der Waals surface area contributed by atoms with E-state index in [1.54, 1.807) is 24.3 Å². The molecular formula is C30H24F3NO4. The molecule has 0 spiro atoms. The maximum Gasteiger partial charge on any atom is 0.416 e. The minimum absolute atomic E-state index is 0.0708. The van der Waals surface area contributed by atoms with Gasteiger partial charge >= 0.3 is 18.1 Å². The number of fused-ring (bicyclic) bond motifs is 1. The molecule has 4 aromatic carbocycles. The van der Waals surface area contributed by atoms with Crippen LogP contribution in [0.15, 0.2) is 78.9 Å². The van der Waals surface area contributed by atoms with Gasteiger partial charge in [0, 0.05) is 6.04 Å². The number of carboxylic acid groups (broad SMARTS) is 2. The molecule has 5 nitrogen and oxygen atoms in total. The van der Waals surface area contributed by atoms with Gasteiger partial charge in [0.1, 0.15) is 0 Å². The predicted octanol–water partition coefficient (Wildman–Crippen LogP) is 6.80. The molecule has 4 aromatic rings. The topological polar surface area (TPSA) is 101 Å². The van der Waals surface area contributed by atoms with Crippen LogP contribution >= 0.6 is 0 Å². The van der Waals surface area contributed by atoms with Crippen molar-refractivity contribution in [3.63, 3.8) is 0 Å². The van der Waals surface area contributed by atoms with Crippen molar-refractivity contribution in [2.24, 2.45) is 11.7 Å². The SMILES string of the molecule is N[C@@H]1C[C@H](C(=O)O)C[C@H]1c1ccc(-c2cc(C(=O)O)cc3cc(-c4ccc(C(F)(F)F)cc4)ccc23)cc1. The van der Waals surface area contributed by atoms with E-state index in [1.165, 1.54) is 12.1 Å². The summed E-state index contributed by atoms with van der Waals surface area (Å²) < 4.78 is 38.9. The Morgan fingerprint density at radius 1 is 0.789 bits per heavy atom. The molecule has 0 saturated heterocycles. The zero-order valence-corrected chi connectivity index (χ0v) is 20.1. The normalized spacial score (nSPS) is 19.5. The number of alkyl halides is 3. The standard InChI is InChI=1S/C30H24F3NO4/c31-30(32,33)23-8-5-16(6-9-23)19-7-10-24-20(11-19)12-21(28(35)36)13-25(24)17-1-3-18(4-2-17)26-14-22(29(37)38)15-27(26)34/h1-13,22,26-27H,14-15,34H2,(H,35,36)(H,37,38)/t22-,26+,27-/m1/s1. The van der Waals surface area contributed by atoms with Crippen LogP contribution in [-0.2, 0) is 11.0 Å². The van der Waals surface area contributed by atoms with Gasteiger partial charge in [0.05, 0.1) is 17.0 Å². The number of hydrogen-bond acceptors (Lipinski definition) is 3. The number of carboxylic acids is 2. The van der Waals surface area contributed by atoms with Crippen molar-refractivity contribution in [2.45, 2.75) is 31.0 Å². The third kappa shape index (κ3) is 4.87. The van der Waals surface area contributed by atoms with E-state index in [1.807, 2.05) is 30.3 Å². The van der Waals surface area contributed by atoms with Crippen molar-refractivity contribution in [1.82, 2.24) is 0 Å². The fraction of sp³-hybridized carbons (Fsp3) is 0.200. The molecule has 1 saturated carbocycles. The fourth-order valence-electron chi connectivity index (χ4n) is 5.33. The third-order valence-electron chi connectivity index (χ3n) is 7.36. The molecule has 38 heavy (non-hydrogen) atoms. The van der Waals surface area contributed by atoms with E-state index in [4.69, 9.17) is 5.73 Å². The molecule has 4 N–H and O–H groups in total. The Balaban J connectivity index is 1.52. The monoisotopic (exact) mass is 519 g/mol. The number of carbonyl (C=O) groups is 2. The molecule has 5 rings (SSSR count). The largest absolute Gasteiger partial charge is 0.481 e. The van der Waals surface area contributed by atoms with Crippen molar-refractivity contribution < 1.29 is 33.0 Å². The van der Waals surface area contributed by atoms with Crippen LogP contribution < -0.4 is 5.73 Å². The Bertz CT molecular complexity index is 1530. The summed E-state index contributed by atoms with van der Waals surface area (Å²) in [6, 6.07) is 20.7. The first kappa shape index (κ1) is 25.5. The molecule has 8 heteroatoms. The van der Waals surface area contributed by atoms with Crippen LogP contribution in [0.25, 0.3) is 33.0 Å². The summed E-state index contributed by atoms with van der Waals surface area (Å²) >= 11 is 0. The molecule has 0 radical (unpaired) electrons. The Hall–Kier alpha value is -4.17. The number of halogens is 3. The molecule has 0 unspecified atom stereocenters. The highest BCUT2D eigenvalue weighted by molar-refractivity contribution is 6.04. The number of hydrogen-bond donors (Lipinski definition) is 3. The molecule has 0 amide bonds. The highest BCUT2D eigenvalue weighted by Crippen LogP contribution is 2.39. The summed E-state index contributed by atoms with van der Waals surface area (Å²) in [6.45, 7) is 0. The van der Waals surface area contributed by atoms with E-state index in [0.717, 1.165) is 28.6 Å². The first-order valence-corrected chi connectivity index (χ1v) is 12.1. The molecule has 1 aliphatic carbocycles. The molecule has 0 heterocycles. The smallest absolute Gasteiger partial charge is 0.416 e. The van der Waals surface area contributed by atoms with Gasteiger partial charge in [-0.15, -0.1) is 0 Å². The van der Waals surface area contributed by atoms with Crippen molar-refractivity contribution in [1.29, 1.82) is 0 Å². The molecule has 0 aliphatic heterocycles. The van der Waals surface area contributed by atoms with E-state index >= 15 is 0 Å². The maximum atomic E-state index is 13.0. The maximum absolute atomic E-state index is 13.0. The van der Waals surface area contributed by atoms with Gasteiger partial charge in [-0.2, -0.15) is 13.2 Å². The number of benzene rings is 4. The molecule has 1 aliphatic rings. The van der Waals surface area contributed by atoms with Crippen LogP contribution in [0, 0.1) is 5.92 Å². The fourth-order valence-corrected chi connectivity index (χ4v) is 5.33. The van der Waals surface area contributed by atoms with Crippen molar-refractivity contribution in [2.75, 3.05) is 0 Å². The lowest BCUT2D eigenvalue weighted by Gasteiger charge is -2.17. The van der Waals surface area contributed by atoms with Crippen molar-refractivity contribution in [3.05, 3.63) is 95.6 Å². The summed E-state index contributed by atoms with van der Waals surface area (Å²) in [7, 11) is 0. The predicted molar refractivity (Wildman–Crippen MR) is 138 cm³/mol. The average Bonchev–Trinajstić information content (AvgIpc) is 3.29. The van der Waals surface area contributed by atoms with Crippen LogP contribution in [0.4, 0.5) is 13.2 Å². The Morgan fingerprint density at radius 3 is 2.00 bits per heavy atom. The summed E-state index contributed by atoms with van der Waals surface area (Å²) in [6.07, 6.45) is -3.53. The van der Waals surface area contributed by atoms with Crippen LogP contribution in [0.2, 0.25) is 0 Å². The summed E-state index contributed by atoms with van der Waals surface area (Å²) in [5.74, 6) is -2.48. The first-order valence-electron chi connectivity index (χ1n) is 12.1. The Labute approximate surface area is 216 Å². The van der Waals surface area contributed by atoms with Gasteiger partial charge in [-0.3, -0.25) is 4.79 Å². The van der Waals surface area contributed by atoms with Crippen LogP contribution in [-0.4, -0.2) is 28.2 Å². The molecular weight excluding hydrogens is 495 g/mol. The van der Waals surface area contributed by atoms with Crippen molar-refractivity contribution >= 4 is 22.7 Å². The second-order valence-corrected chi connectivity index (χ2v) is 9.74. The molecule has 194 valence electrons. The molecule has 0 aromatic heterocycles. The lowest BCUT2D eigenvalue weighted by molar-refractivity contribution is -0.141. The Kier molecular flexibility index (Phi) is 6.44. The zero-order chi connectivity index (χ0) is 27.2. The van der Waals surface area contributed by atoms with Gasteiger partial charge in [-0.25, -0.2) is 4.79 Å². The molecule has 0 bridgehead atoms. The highest BCUT2D eigenvalue weighted by atomic mass is 19.4. The zero-order valence-electron chi connectivity index (χ0n) is 20.1. The van der Waals surface area contributed by atoms with Gasteiger partial charge in [-0.05, 0) is 87.7 Å². The van der Waals surface area contributed by atoms with Crippen LogP contribution in [0.3, 0.4) is 0 Å². The minimum Gasteiger partial charge on any atom is -0.481 e. The van der Waals surface area contributed by atoms with E-state index in [-0.39, 0.29) is 17.5 Å². The second-order valence-electron chi connectivity index (χ2n) is 9.74. The second kappa shape index (κ2) is 9.61. The van der Waals surface area contributed by atoms with Gasteiger partial charge < -0.3 is 15.9 Å². The summed E-state index contributed by atoms with van der Waals surface area (Å²) in [5, 5.41) is 20.5. The Morgan fingerprint density at radius 2 is 1.42 bits per heavy atom. The first-order chi connectivity index (χ1) is 18.0. The van der Waals surface area contributed by atoms with E-state index in [2.05, 4.69) is 0 Å². The van der Waals surface area contributed by atoms with Crippen LogP contribution in [0.5, 0.6) is 0 Å². The highest BCUT2D eigenvalue weighted by Gasteiger charge is 2.36. The van der Waals surface area contributed by atoms with E-state index in [9.17, 15) is 33.0 Å². The lowest BCUT2D eigenvalue weighted by Crippen LogP contribution is -2.23. The summed E-state index contributed by atoms with van der Waals surface area (Å²) in [4.78, 5) is 23.3. The third-order valence-corrected chi connectivity index (χ3v) is 7.36. The van der Waals surface area contributed by atoms with E-state index in [0.29, 0.717) is 34.9 Å². The molecule has 1 fully saturated rings. The average molecular weight is 520 g/mol. The van der Waals surface area contributed by atoms with Crippen molar-refractivity contribution in [3.8, 4) is 22.3 Å².